The van der Waals surface area contributed by atoms with E-state index in [9.17, 15) is 0 Å². The van der Waals surface area contributed by atoms with Crippen LogP contribution in [0.4, 0.5) is 0 Å². The molecule has 0 aromatic rings. The fraction of sp³-hybridized carbons (Fsp3) is 1.00. The van der Waals surface area contributed by atoms with Crippen LogP contribution in [-0.4, -0.2) is 55.6 Å². The Morgan fingerprint density at radius 3 is 1.82 bits per heavy atom. The third-order valence-corrected chi connectivity index (χ3v) is 3.77. The molecule has 0 atom stereocenters. The second-order valence-corrected chi connectivity index (χ2v) is 6.68. The molecule has 0 spiro atoms. The largest absolute Gasteiger partial charge is 0.325 e. The summed E-state index contributed by atoms with van der Waals surface area (Å²) in [5.41, 5.74) is 6.27. The quantitative estimate of drug-likeness (QED) is 0.708. The topological polar surface area (TPSA) is 32.5 Å². The van der Waals surface area contributed by atoms with Gasteiger partial charge in [0.1, 0.15) is 0 Å². The summed E-state index contributed by atoms with van der Waals surface area (Å²) in [6.45, 7) is 15.5. The van der Waals surface area contributed by atoms with E-state index in [4.69, 9.17) is 5.73 Å². The Morgan fingerprint density at radius 1 is 0.941 bits per heavy atom. The molecule has 0 rings (SSSR count). The molecular weight excluding hydrogens is 210 g/mol. The lowest BCUT2D eigenvalue weighted by molar-refractivity contribution is 0.107. The van der Waals surface area contributed by atoms with E-state index in [1.165, 1.54) is 6.42 Å². The van der Waals surface area contributed by atoms with Gasteiger partial charge in [-0.2, -0.15) is 0 Å². The van der Waals surface area contributed by atoms with E-state index in [2.05, 4.69) is 58.5 Å². The summed E-state index contributed by atoms with van der Waals surface area (Å²) in [6.07, 6.45) is 1.20. The number of nitrogens with two attached hydrogens (primary N) is 1. The van der Waals surface area contributed by atoms with Gasteiger partial charge in [-0.1, -0.05) is 20.8 Å². The first-order chi connectivity index (χ1) is 7.60. The van der Waals surface area contributed by atoms with E-state index in [1.54, 1.807) is 0 Å². The van der Waals surface area contributed by atoms with Gasteiger partial charge in [0.15, 0.2) is 0 Å². The molecule has 3 nitrogen and oxygen atoms in total. The summed E-state index contributed by atoms with van der Waals surface area (Å²) >= 11 is 0. The molecule has 0 radical (unpaired) electrons. The number of nitrogens with zero attached hydrogens (tertiary/aromatic N) is 2. The van der Waals surface area contributed by atoms with Crippen LogP contribution < -0.4 is 5.73 Å². The lowest BCUT2D eigenvalue weighted by Crippen LogP contribution is -2.53. The Bertz CT molecular complexity index is 204. The van der Waals surface area contributed by atoms with Gasteiger partial charge in [0, 0.05) is 25.2 Å². The van der Waals surface area contributed by atoms with Gasteiger partial charge >= 0.3 is 0 Å². The van der Waals surface area contributed by atoms with E-state index in [1.807, 2.05) is 0 Å². The van der Waals surface area contributed by atoms with Crippen LogP contribution in [0.15, 0.2) is 0 Å². The van der Waals surface area contributed by atoms with E-state index in [0.717, 1.165) is 26.2 Å². The summed E-state index contributed by atoms with van der Waals surface area (Å²) in [5.74, 6) is 0. The minimum Gasteiger partial charge on any atom is -0.325 e. The predicted molar refractivity (Wildman–Crippen MR) is 77.3 cm³/mol. The molecule has 104 valence electrons. The van der Waals surface area contributed by atoms with Crippen LogP contribution in [0.1, 0.15) is 41.0 Å². The molecule has 0 aliphatic carbocycles. The third-order valence-electron chi connectivity index (χ3n) is 3.77. The van der Waals surface area contributed by atoms with E-state index in [0.29, 0.717) is 0 Å². The monoisotopic (exact) mass is 243 g/mol. The summed E-state index contributed by atoms with van der Waals surface area (Å²) in [4.78, 5) is 4.78. The summed E-state index contributed by atoms with van der Waals surface area (Å²) in [5, 5.41) is 0. The number of rotatable bonds is 8. The highest BCUT2D eigenvalue weighted by Gasteiger charge is 2.34. The van der Waals surface area contributed by atoms with Crippen LogP contribution in [0, 0.1) is 5.41 Å². The molecule has 0 fully saturated rings. The average molecular weight is 243 g/mol. The zero-order chi connectivity index (χ0) is 13.7. The van der Waals surface area contributed by atoms with Crippen molar-refractivity contribution in [2.24, 2.45) is 11.1 Å². The van der Waals surface area contributed by atoms with E-state index < -0.39 is 0 Å². The summed E-state index contributed by atoms with van der Waals surface area (Å²) < 4.78 is 0. The molecule has 2 N–H and O–H groups in total. The number of hydrogen-bond acceptors (Lipinski definition) is 3. The molecule has 17 heavy (non-hydrogen) atoms. The van der Waals surface area contributed by atoms with Crippen molar-refractivity contribution in [3.63, 3.8) is 0 Å². The number of hydrogen-bond donors (Lipinski definition) is 1. The van der Waals surface area contributed by atoms with Crippen molar-refractivity contribution in [1.82, 2.24) is 9.80 Å². The Kier molecular flexibility index (Phi) is 6.67. The van der Waals surface area contributed by atoms with Gasteiger partial charge in [-0.15, -0.1) is 0 Å². The van der Waals surface area contributed by atoms with Crippen LogP contribution in [0.2, 0.25) is 0 Å². The molecule has 0 aliphatic rings. The second kappa shape index (κ2) is 6.72. The van der Waals surface area contributed by atoms with Crippen molar-refractivity contribution in [2.45, 2.75) is 46.6 Å². The minimum absolute atomic E-state index is 0.133. The van der Waals surface area contributed by atoms with Gasteiger partial charge in [0.05, 0.1) is 0 Å². The fourth-order valence-electron chi connectivity index (χ4n) is 1.69. The normalized spacial score (nSPS) is 13.8. The maximum atomic E-state index is 6.28. The Morgan fingerprint density at radius 2 is 1.47 bits per heavy atom. The maximum absolute atomic E-state index is 6.28. The van der Waals surface area contributed by atoms with E-state index in [-0.39, 0.29) is 11.0 Å². The molecule has 0 aromatic carbocycles. The van der Waals surface area contributed by atoms with Gasteiger partial charge in [0.2, 0.25) is 0 Å². The predicted octanol–water partition coefficient (Wildman–Crippen LogP) is 2.02. The smallest absolute Gasteiger partial charge is 0.0161 e. The van der Waals surface area contributed by atoms with Crippen LogP contribution in [0.25, 0.3) is 0 Å². The number of likely N-dealkylation sites (N-methyl/N-ethyl adjacent to an activating group) is 1. The first-order valence-corrected chi connectivity index (χ1v) is 6.76. The van der Waals surface area contributed by atoms with Crippen molar-refractivity contribution >= 4 is 0 Å². The van der Waals surface area contributed by atoms with Crippen LogP contribution in [0.3, 0.4) is 0 Å². The first kappa shape index (κ1) is 16.9. The standard InChI is InChI=1S/C14H33N3/c1-8-9-17(11-10-16(6)7)12-13(2,3)14(4,5)15/h8-12,15H2,1-7H3. The van der Waals surface area contributed by atoms with Gasteiger partial charge in [-0.25, -0.2) is 0 Å². The van der Waals surface area contributed by atoms with Crippen LogP contribution >= 0.6 is 0 Å². The molecule has 3 heteroatoms. The third kappa shape index (κ3) is 6.39. The zero-order valence-electron chi connectivity index (χ0n) is 13.0. The van der Waals surface area contributed by atoms with Crippen LogP contribution in [-0.2, 0) is 0 Å². The van der Waals surface area contributed by atoms with Gasteiger partial charge in [-0.3, -0.25) is 0 Å². The molecule has 0 aromatic heterocycles. The van der Waals surface area contributed by atoms with Crippen molar-refractivity contribution in [3.05, 3.63) is 0 Å². The summed E-state index contributed by atoms with van der Waals surface area (Å²) in [7, 11) is 4.25. The zero-order valence-corrected chi connectivity index (χ0v) is 13.0. The fourth-order valence-corrected chi connectivity index (χ4v) is 1.69. The molecule has 0 amide bonds. The van der Waals surface area contributed by atoms with Crippen LogP contribution in [0.5, 0.6) is 0 Å². The molecule has 0 bridgehead atoms. The van der Waals surface area contributed by atoms with E-state index >= 15 is 0 Å². The average Bonchev–Trinajstić information content (AvgIpc) is 2.12. The molecule has 0 saturated heterocycles. The molecule has 0 aliphatic heterocycles. The van der Waals surface area contributed by atoms with Crippen molar-refractivity contribution < 1.29 is 0 Å². The van der Waals surface area contributed by atoms with Crippen molar-refractivity contribution in [3.8, 4) is 0 Å². The SMILES string of the molecule is CCCN(CCN(C)C)CC(C)(C)C(C)(C)N. The van der Waals surface area contributed by atoms with Gasteiger partial charge in [0.25, 0.3) is 0 Å². The molecule has 0 unspecified atom stereocenters. The van der Waals surface area contributed by atoms with Gasteiger partial charge in [-0.05, 0) is 46.3 Å². The molecule has 0 heterocycles. The van der Waals surface area contributed by atoms with Crippen molar-refractivity contribution in [2.75, 3.05) is 40.3 Å². The lowest BCUT2D eigenvalue weighted by Gasteiger charge is -2.42. The lowest BCUT2D eigenvalue weighted by atomic mass is 9.75. The Labute approximate surface area is 108 Å². The highest BCUT2D eigenvalue weighted by Crippen LogP contribution is 2.29. The van der Waals surface area contributed by atoms with Gasteiger partial charge < -0.3 is 15.5 Å². The molecular formula is C14H33N3. The van der Waals surface area contributed by atoms with Crippen molar-refractivity contribution in [1.29, 1.82) is 0 Å². The first-order valence-electron chi connectivity index (χ1n) is 6.76. The highest BCUT2D eigenvalue weighted by atomic mass is 15.2. The Hall–Kier alpha value is -0.120. The minimum atomic E-state index is -0.142. The highest BCUT2D eigenvalue weighted by molar-refractivity contribution is 4.92. The Balaban J connectivity index is 4.42. The second-order valence-electron chi connectivity index (χ2n) is 6.68. The maximum Gasteiger partial charge on any atom is 0.0161 e. The summed E-state index contributed by atoms with van der Waals surface area (Å²) in [6, 6.07) is 0. The molecule has 0 saturated carbocycles.